The van der Waals surface area contributed by atoms with Gasteiger partial charge in [0.2, 0.25) is 0 Å². The molecule has 7 heteroatoms. The van der Waals surface area contributed by atoms with Crippen LogP contribution in [0.2, 0.25) is 0 Å². The highest BCUT2D eigenvalue weighted by Gasteiger charge is 2.39. The maximum Gasteiger partial charge on any atom is 0.404 e. The molecule has 110 valence electrons. The molecule has 20 heavy (non-hydrogen) atoms. The summed E-state index contributed by atoms with van der Waals surface area (Å²) in [5.74, 6) is 0.399. The molecule has 0 saturated heterocycles. The number of anilines is 1. The Kier molecular flexibility index (Phi) is 3.89. The molecule has 1 aromatic rings. The zero-order valence-electron chi connectivity index (χ0n) is 11.2. The highest BCUT2D eigenvalue weighted by molar-refractivity contribution is 7.89. The minimum atomic E-state index is -3.13. The van der Waals surface area contributed by atoms with Gasteiger partial charge >= 0.3 is 6.09 Å². The molecule has 0 aliphatic heterocycles. The van der Waals surface area contributed by atoms with Crippen LogP contribution in [0.1, 0.15) is 23.5 Å². The minimum absolute atomic E-state index is 0.0387. The van der Waals surface area contributed by atoms with Gasteiger partial charge in [-0.1, -0.05) is 6.07 Å². The van der Waals surface area contributed by atoms with Crippen molar-refractivity contribution in [2.45, 2.75) is 18.1 Å². The predicted octanol–water partition coefficient (Wildman–Crippen LogP) is 1.18. The molecule has 2 unspecified atom stereocenters. The van der Waals surface area contributed by atoms with E-state index in [4.69, 9.17) is 10.8 Å². The fourth-order valence-corrected chi connectivity index (χ4v) is 3.28. The van der Waals surface area contributed by atoms with Gasteiger partial charge in [-0.2, -0.15) is 0 Å². The van der Waals surface area contributed by atoms with E-state index in [1.165, 1.54) is 6.26 Å². The average molecular weight is 298 g/mol. The SMILES string of the molecule is CS(=O)(=O)Cc1cc(N)ccc1C1CC1CNC(=O)O. The van der Waals surface area contributed by atoms with Gasteiger partial charge in [-0.15, -0.1) is 0 Å². The first-order valence-electron chi connectivity index (χ1n) is 6.29. The fourth-order valence-electron chi connectivity index (χ4n) is 2.47. The average Bonchev–Trinajstić information content (AvgIpc) is 3.03. The summed E-state index contributed by atoms with van der Waals surface area (Å²) in [5.41, 5.74) is 7.93. The Morgan fingerprint density at radius 3 is 2.80 bits per heavy atom. The molecule has 0 aromatic heterocycles. The molecule has 0 heterocycles. The first kappa shape index (κ1) is 14.6. The number of hydrogen-bond donors (Lipinski definition) is 3. The van der Waals surface area contributed by atoms with E-state index in [9.17, 15) is 13.2 Å². The summed E-state index contributed by atoms with van der Waals surface area (Å²) < 4.78 is 22.9. The van der Waals surface area contributed by atoms with Crippen molar-refractivity contribution in [3.63, 3.8) is 0 Å². The monoisotopic (exact) mass is 298 g/mol. The molecule has 0 radical (unpaired) electrons. The largest absolute Gasteiger partial charge is 0.465 e. The van der Waals surface area contributed by atoms with Gasteiger partial charge in [-0.25, -0.2) is 13.2 Å². The third-order valence-corrected chi connectivity index (χ3v) is 4.26. The topological polar surface area (TPSA) is 109 Å². The Morgan fingerprint density at radius 2 is 2.20 bits per heavy atom. The van der Waals surface area contributed by atoms with Gasteiger partial charge in [0.15, 0.2) is 9.84 Å². The van der Waals surface area contributed by atoms with E-state index < -0.39 is 15.9 Å². The van der Waals surface area contributed by atoms with Gasteiger partial charge in [0.1, 0.15) is 0 Å². The summed E-state index contributed by atoms with van der Waals surface area (Å²) in [6.07, 6.45) is 1.02. The number of nitrogen functional groups attached to an aromatic ring is 1. The van der Waals surface area contributed by atoms with Crippen LogP contribution in [-0.2, 0) is 15.6 Å². The maximum absolute atomic E-state index is 11.5. The van der Waals surface area contributed by atoms with E-state index in [0.29, 0.717) is 12.2 Å². The molecule has 1 amide bonds. The normalized spacial score (nSPS) is 21.4. The van der Waals surface area contributed by atoms with Crippen LogP contribution in [0.25, 0.3) is 0 Å². The molecule has 1 saturated carbocycles. The second-order valence-corrected chi connectivity index (χ2v) is 7.46. The van der Waals surface area contributed by atoms with Crippen LogP contribution in [0.5, 0.6) is 0 Å². The quantitative estimate of drug-likeness (QED) is 0.707. The molecule has 1 fully saturated rings. The highest BCUT2D eigenvalue weighted by Crippen LogP contribution is 2.48. The van der Waals surface area contributed by atoms with Gasteiger partial charge in [-0.3, -0.25) is 0 Å². The molecule has 1 aliphatic carbocycles. The van der Waals surface area contributed by atoms with Crippen LogP contribution in [0.3, 0.4) is 0 Å². The lowest BCUT2D eigenvalue weighted by Crippen LogP contribution is -2.23. The number of carbonyl (C=O) groups is 1. The molecule has 0 spiro atoms. The number of sulfone groups is 1. The summed E-state index contributed by atoms with van der Waals surface area (Å²) in [4.78, 5) is 10.5. The smallest absolute Gasteiger partial charge is 0.404 e. The van der Waals surface area contributed by atoms with Crippen LogP contribution >= 0.6 is 0 Å². The molecule has 2 atom stereocenters. The number of rotatable bonds is 5. The van der Waals surface area contributed by atoms with Gasteiger partial charge in [0.25, 0.3) is 0 Å². The fraction of sp³-hybridized carbons (Fsp3) is 0.462. The summed E-state index contributed by atoms with van der Waals surface area (Å²) in [6, 6.07) is 5.29. The van der Waals surface area contributed by atoms with Crippen LogP contribution in [0.4, 0.5) is 10.5 Å². The summed E-state index contributed by atoms with van der Waals surface area (Å²) in [5, 5.41) is 10.9. The number of hydrogen-bond acceptors (Lipinski definition) is 4. The third kappa shape index (κ3) is 3.86. The highest BCUT2D eigenvalue weighted by atomic mass is 32.2. The second-order valence-electron chi connectivity index (χ2n) is 5.32. The zero-order chi connectivity index (χ0) is 14.9. The van der Waals surface area contributed by atoms with E-state index in [0.717, 1.165) is 17.5 Å². The van der Waals surface area contributed by atoms with E-state index in [-0.39, 0.29) is 17.6 Å². The van der Waals surface area contributed by atoms with Crippen molar-refractivity contribution in [3.05, 3.63) is 29.3 Å². The van der Waals surface area contributed by atoms with Crippen molar-refractivity contribution in [2.24, 2.45) is 5.92 Å². The standard InChI is InChI=1S/C13H18N2O4S/c1-20(18,19)7-9-4-10(14)2-3-11(9)12-5-8(12)6-15-13(16)17/h2-4,8,12,15H,5-7,14H2,1H3,(H,16,17). The van der Waals surface area contributed by atoms with Crippen LogP contribution in [0.15, 0.2) is 18.2 Å². The van der Waals surface area contributed by atoms with Crippen LogP contribution < -0.4 is 11.1 Å². The molecular weight excluding hydrogens is 280 g/mol. The van der Waals surface area contributed by atoms with Crippen LogP contribution in [0, 0.1) is 5.92 Å². The number of nitrogens with one attached hydrogen (secondary N) is 1. The number of amides is 1. The number of carboxylic acid groups (broad SMARTS) is 1. The Labute approximate surface area is 117 Å². The maximum atomic E-state index is 11.5. The molecule has 0 bridgehead atoms. The third-order valence-electron chi connectivity index (χ3n) is 3.42. The molecule has 4 N–H and O–H groups in total. The lowest BCUT2D eigenvalue weighted by Gasteiger charge is -2.10. The van der Waals surface area contributed by atoms with Crippen molar-refractivity contribution >= 4 is 21.6 Å². The number of benzene rings is 1. The van der Waals surface area contributed by atoms with E-state index in [1.807, 2.05) is 6.07 Å². The van der Waals surface area contributed by atoms with Gasteiger partial charge in [0, 0.05) is 18.5 Å². The minimum Gasteiger partial charge on any atom is -0.465 e. The predicted molar refractivity (Wildman–Crippen MR) is 76.3 cm³/mol. The van der Waals surface area contributed by atoms with E-state index in [1.54, 1.807) is 12.1 Å². The van der Waals surface area contributed by atoms with E-state index >= 15 is 0 Å². The van der Waals surface area contributed by atoms with Crippen molar-refractivity contribution in [1.29, 1.82) is 0 Å². The number of nitrogens with two attached hydrogens (primary N) is 1. The molecule has 2 rings (SSSR count). The summed E-state index contributed by atoms with van der Waals surface area (Å²) in [7, 11) is -3.13. The van der Waals surface area contributed by atoms with Crippen molar-refractivity contribution in [3.8, 4) is 0 Å². The van der Waals surface area contributed by atoms with Gasteiger partial charge in [-0.05, 0) is 41.5 Å². The Bertz CT molecular complexity index is 627. The Morgan fingerprint density at radius 1 is 1.50 bits per heavy atom. The van der Waals surface area contributed by atoms with Crippen molar-refractivity contribution in [1.82, 2.24) is 5.32 Å². The Balaban J connectivity index is 2.14. The molecule has 1 aliphatic rings. The molecule has 6 nitrogen and oxygen atoms in total. The van der Waals surface area contributed by atoms with E-state index in [2.05, 4.69) is 5.32 Å². The van der Waals surface area contributed by atoms with Gasteiger partial charge < -0.3 is 16.2 Å². The zero-order valence-corrected chi connectivity index (χ0v) is 12.0. The molecule has 1 aromatic carbocycles. The lowest BCUT2D eigenvalue weighted by molar-refractivity contribution is 0.194. The second kappa shape index (κ2) is 5.32. The van der Waals surface area contributed by atoms with Gasteiger partial charge in [0.05, 0.1) is 5.75 Å². The summed E-state index contributed by atoms with van der Waals surface area (Å²) in [6.45, 7) is 0.392. The Hall–Kier alpha value is -1.76. The first-order chi connectivity index (χ1) is 9.26. The first-order valence-corrected chi connectivity index (χ1v) is 8.35. The van der Waals surface area contributed by atoms with Crippen molar-refractivity contribution < 1.29 is 18.3 Å². The molecular formula is C13H18N2O4S. The van der Waals surface area contributed by atoms with Crippen molar-refractivity contribution in [2.75, 3.05) is 18.5 Å². The summed E-state index contributed by atoms with van der Waals surface area (Å²) >= 11 is 0. The van der Waals surface area contributed by atoms with Crippen LogP contribution in [-0.4, -0.2) is 32.4 Å². The lowest BCUT2D eigenvalue weighted by atomic mass is 10.0.